The fraction of sp³-hybridized carbons (Fsp3) is 0.250. The van der Waals surface area contributed by atoms with E-state index in [1.807, 2.05) is 18.2 Å². The summed E-state index contributed by atoms with van der Waals surface area (Å²) in [5.74, 6) is -0.467. The topological polar surface area (TPSA) is 39.2 Å². The van der Waals surface area contributed by atoms with Gasteiger partial charge < -0.3 is 4.74 Å². The summed E-state index contributed by atoms with van der Waals surface area (Å²) in [4.78, 5) is 16.1. The number of carbonyl (C=O) groups excluding carboxylic acids is 1. The molecule has 0 spiro atoms. The smallest absolute Gasteiger partial charge is 0.340 e. The second kappa shape index (κ2) is 6.04. The Bertz CT molecular complexity index is 688. The van der Waals surface area contributed by atoms with E-state index in [-0.39, 0.29) is 21.8 Å². The zero-order chi connectivity index (χ0) is 14.8. The molecule has 1 aromatic heterocycles. The molecule has 0 amide bonds. The fourth-order valence-electron chi connectivity index (χ4n) is 2.59. The molecule has 21 heavy (non-hydrogen) atoms. The van der Waals surface area contributed by atoms with Crippen LogP contribution in [-0.4, -0.2) is 11.0 Å². The van der Waals surface area contributed by atoms with Gasteiger partial charge in [0, 0.05) is 6.20 Å². The lowest BCUT2D eigenvalue weighted by atomic mass is 9.89. The van der Waals surface area contributed by atoms with Crippen molar-refractivity contribution in [3.8, 4) is 0 Å². The normalized spacial score (nSPS) is 17.1. The average molecular weight is 322 g/mol. The maximum absolute atomic E-state index is 12.3. The van der Waals surface area contributed by atoms with Crippen molar-refractivity contribution in [2.24, 2.45) is 0 Å². The molecule has 1 atom stereocenters. The first-order chi connectivity index (χ1) is 10.1. The van der Waals surface area contributed by atoms with Crippen molar-refractivity contribution in [1.29, 1.82) is 0 Å². The van der Waals surface area contributed by atoms with Crippen molar-refractivity contribution < 1.29 is 9.53 Å². The summed E-state index contributed by atoms with van der Waals surface area (Å²) in [5, 5.41) is 0.462. The minimum atomic E-state index is -0.467. The minimum Gasteiger partial charge on any atom is -0.454 e. The number of hydrogen-bond acceptors (Lipinski definition) is 3. The molecule has 1 aliphatic carbocycles. The van der Waals surface area contributed by atoms with Crippen LogP contribution in [-0.2, 0) is 11.2 Å². The van der Waals surface area contributed by atoms with Crippen molar-refractivity contribution in [3.63, 3.8) is 0 Å². The van der Waals surface area contributed by atoms with Gasteiger partial charge in [0.05, 0.1) is 10.6 Å². The third-order valence-corrected chi connectivity index (χ3v) is 4.11. The second-order valence-electron chi connectivity index (χ2n) is 4.97. The van der Waals surface area contributed by atoms with E-state index in [1.54, 1.807) is 0 Å². The van der Waals surface area contributed by atoms with Gasteiger partial charge in [-0.05, 0) is 36.5 Å². The van der Waals surface area contributed by atoms with E-state index < -0.39 is 5.97 Å². The number of esters is 1. The highest BCUT2D eigenvalue weighted by molar-refractivity contribution is 6.34. The van der Waals surface area contributed by atoms with Crippen LogP contribution in [0.4, 0.5) is 0 Å². The lowest BCUT2D eigenvalue weighted by molar-refractivity contribution is 0.0256. The molecule has 5 heteroatoms. The van der Waals surface area contributed by atoms with E-state index in [0.29, 0.717) is 0 Å². The van der Waals surface area contributed by atoms with E-state index >= 15 is 0 Å². The van der Waals surface area contributed by atoms with Gasteiger partial charge in [0.15, 0.2) is 0 Å². The first kappa shape index (κ1) is 14.4. The van der Waals surface area contributed by atoms with E-state index in [2.05, 4.69) is 11.1 Å². The van der Waals surface area contributed by atoms with Gasteiger partial charge in [0.25, 0.3) is 0 Å². The molecule has 0 radical (unpaired) electrons. The SMILES string of the molecule is O=C(OC1CCCc2ccccc21)c1cc(Cl)ncc1Cl. The zero-order valence-corrected chi connectivity index (χ0v) is 12.7. The van der Waals surface area contributed by atoms with Crippen LogP contribution >= 0.6 is 23.2 Å². The molecule has 1 aliphatic rings. The third kappa shape index (κ3) is 3.04. The maximum atomic E-state index is 12.3. The second-order valence-corrected chi connectivity index (χ2v) is 5.77. The van der Waals surface area contributed by atoms with Gasteiger partial charge in [-0.15, -0.1) is 0 Å². The molecule has 3 rings (SSSR count). The Morgan fingerprint density at radius 1 is 1.29 bits per heavy atom. The van der Waals surface area contributed by atoms with E-state index in [1.165, 1.54) is 17.8 Å². The predicted molar refractivity (Wildman–Crippen MR) is 81.8 cm³/mol. The Labute approximate surface area is 132 Å². The van der Waals surface area contributed by atoms with E-state index in [0.717, 1.165) is 24.8 Å². The van der Waals surface area contributed by atoms with Gasteiger partial charge in [-0.3, -0.25) is 0 Å². The summed E-state index contributed by atoms with van der Waals surface area (Å²) < 4.78 is 5.63. The highest BCUT2D eigenvalue weighted by Gasteiger charge is 2.24. The summed E-state index contributed by atoms with van der Waals surface area (Å²) >= 11 is 11.8. The number of pyridine rings is 1. The van der Waals surface area contributed by atoms with Gasteiger partial charge >= 0.3 is 5.97 Å². The van der Waals surface area contributed by atoms with Crippen molar-refractivity contribution in [1.82, 2.24) is 4.98 Å². The van der Waals surface area contributed by atoms with E-state index in [4.69, 9.17) is 27.9 Å². The molecular weight excluding hydrogens is 309 g/mol. The summed E-state index contributed by atoms with van der Waals surface area (Å²) in [5.41, 5.74) is 2.56. The Morgan fingerprint density at radius 3 is 2.95 bits per heavy atom. The zero-order valence-electron chi connectivity index (χ0n) is 11.2. The lowest BCUT2D eigenvalue weighted by Gasteiger charge is -2.25. The molecule has 0 aliphatic heterocycles. The summed E-state index contributed by atoms with van der Waals surface area (Å²) in [6.45, 7) is 0. The maximum Gasteiger partial charge on any atom is 0.340 e. The van der Waals surface area contributed by atoms with Crippen LogP contribution in [0.3, 0.4) is 0 Å². The number of ether oxygens (including phenoxy) is 1. The number of aryl methyl sites for hydroxylation is 1. The summed E-state index contributed by atoms with van der Waals surface area (Å²) in [6.07, 6.45) is 3.96. The van der Waals surface area contributed by atoms with E-state index in [9.17, 15) is 4.79 Å². The van der Waals surface area contributed by atoms with Crippen molar-refractivity contribution >= 4 is 29.2 Å². The fourth-order valence-corrected chi connectivity index (χ4v) is 2.93. The third-order valence-electron chi connectivity index (χ3n) is 3.61. The minimum absolute atomic E-state index is 0.218. The van der Waals surface area contributed by atoms with Crippen molar-refractivity contribution in [3.05, 3.63) is 63.4 Å². The van der Waals surface area contributed by atoms with Crippen LogP contribution < -0.4 is 0 Å². The molecule has 1 aromatic carbocycles. The number of hydrogen-bond donors (Lipinski definition) is 0. The van der Waals surface area contributed by atoms with Gasteiger partial charge in [-0.2, -0.15) is 0 Å². The highest BCUT2D eigenvalue weighted by Crippen LogP contribution is 2.33. The molecule has 108 valence electrons. The molecule has 1 unspecified atom stereocenters. The number of aromatic nitrogens is 1. The van der Waals surface area contributed by atoms with Crippen LogP contribution in [0, 0.1) is 0 Å². The molecule has 0 fully saturated rings. The number of fused-ring (bicyclic) bond motifs is 1. The molecule has 0 saturated heterocycles. The molecule has 0 N–H and O–H groups in total. The molecule has 1 heterocycles. The Balaban J connectivity index is 1.84. The lowest BCUT2D eigenvalue weighted by Crippen LogP contribution is -2.17. The van der Waals surface area contributed by atoms with Crippen LogP contribution in [0.5, 0.6) is 0 Å². The monoisotopic (exact) mass is 321 g/mol. The van der Waals surface area contributed by atoms with Gasteiger partial charge in [-0.25, -0.2) is 9.78 Å². The number of rotatable bonds is 2. The predicted octanol–water partition coefficient (Wildman–Crippen LogP) is 4.62. The van der Waals surface area contributed by atoms with Gasteiger partial charge in [0.1, 0.15) is 11.3 Å². The number of halogens is 2. The standard InChI is InChI=1S/C16H13Cl2NO2/c17-13-9-19-15(18)8-12(13)16(20)21-14-7-3-5-10-4-1-2-6-11(10)14/h1-2,4,6,8-9,14H,3,5,7H2. The van der Waals surface area contributed by atoms with Gasteiger partial charge in [-0.1, -0.05) is 47.5 Å². The van der Waals surface area contributed by atoms with Crippen molar-refractivity contribution in [2.45, 2.75) is 25.4 Å². The summed E-state index contributed by atoms with van der Waals surface area (Å²) in [7, 11) is 0. The number of benzene rings is 1. The Hall–Kier alpha value is -1.58. The number of nitrogens with zero attached hydrogens (tertiary/aromatic N) is 1. The average Bonchev–Trinajstić information content (AvgIpc) is 2.50. The van der Waals surface area contributed by atoms with Crippen LogP contribution in [0.2, 0.25) is 10.2 Å². The van der Waals surface area contributed by atoms with Gasteiger partial charge in [0.2, 0.25) is 0 Å². The Kier molecular flexibility index (Phi) is 4.13. The van der Waals surface area contributed by atoms with Crippen LogP contribution in [0.1, 0.15) is 40.4 Å². The number of carbonyl (C=O) groups is 1. The van der Waals surface area contributed by atoms with Crippen LogP contribution in [0.25, 0.3) is 0 Å². The largest absolute Gasteiger partial charge is 0.454 e. The first-order valence-corrected chi connectivity index (χ1v) is 7.50. The summed E-state index contributed by atoms with van der Waals surface area (Å²) in [6, 6.07) is 9.48. The first-order valence-electron chi connectivity index (χ1n) is 6.75. The molecule has 0 saturated carbocycles. The van der Waals surface area contributed by atoms with Crippen LogP contribution in [0.15, 0.2) is 36.5 Å². The quantitative estimate of drug-likeness (QED) is 0.598. The molecule has 0 bridgehead atoms. The Morgan fingerprint density at radius 2 is 2.10 bits per heavy atom. The molecule has 2 aromatic rings. The molecule has 3 nitrogen and oxygen atoms in total. The highest BCUT2D eigenvalue weighted by atomic mass is 35.5. The van der Waals surface area contributed by atoms with Crippen molar-refractivity contribution in [2.75, 3.05) is 0 Å². The molecular formula is C16H13Cl2NO2.